The maximum absolute atomic E-state index is 14.2. The second-order valence-corrected chi connectivity index (χ2v) is 8.69. The number of amides is 1. The van der Waals surface area contributed by atoms with Gasteiger partial charge in [-0.3, -0.25) is 19.3 Å². The maximum Gasteiger partial charge on any atom is 0.394 e. The van der Waals surface area contributed by atoms with Crippen LogP contribution in [0.25, 0.3) is 0 Å². The number of hydrogen-bond acceptors (Lipinski definition) is 4. The highest BCUT2D eigenvalue weighted by molar-refractivity contribution is 5.96. The van der Waals surface area contributed by atoms with Crippen molar-refractivity contribution in [2.24, 2.45) is 11.3 Å². The average Bonchev–Trinajstić information content (AvgIpc) is 3.56. The molecule has 1 N–H and O–H groups in total. The number of pyridine rings is 1. The molecule has 0 spiro atoms. The molecule has 5 rings (SSSR count). The Balaban J connectivity index is 1.73. The highest BCUT2D eigenvalue weighted by Crippen LogP contribution is 2.67. The Bertz CT molecular complexity index is 1090. The molecule has 9 heteroatoms. The van der Waals surface area contributed by atoms with Gasteiger partial charge in [0.05, 0.1) is 11.5 Å². The van der Waals surface area contributed by atoms with E-state index in [0.717, 1.165) is 6.07 Å². The van der Waals surface area contributed by atoms with Crippen molar-refractivity contribution < 1.29 is 23.1 Å². The summed E-state index contributed by atoms with van der Waals surface area (Å²) in [5, 5.41) is 12.1. The van der Waals surface area contributed by atoms with Crippen molar-refractivity contribution in [1.82, 2.24) is 9.58 Å². The first-order valence-electron chi connectivity index (χ1n) is 10.3. The fraction of sp³-hybridized carbons (Fsp3) is 0.455. The van der Waals surface area contributed by atoms with E-state index in [2.05, 4.69) is 0 Å². The van der Waals surface area contributed by atoms with Gasteiger partial charge in [0, 0.05) is 19.3 Å². The summed E-state index contributed by atoms with van der Waals surface area (Å²) in [6, 6.07) is 9.42. The third kappa shape index (κ3) is 2.71. The molecule has 0 bridgehead atoms. The number of carbonyl (C=O) groups is 1. The Morgan fingerprint density at radius 2 is 1.74 bits per heavy atom. The zero-order valence-electron chi connectivity index (χ0n) is 16.8. The fourth-order valence-corrected chi connectivity index (χ4v) is 5.46. The normalized spacial score (nSPS) is 27.0. The molecule has 1 aromatic carbocycles. The predicted molar refractivity (Wildman–Crippen MR) is 106 cm³/mol. The minimum Gasteiger partial charge on any atom is -0.502 e. The van der Waals surface area contributed by atoms with Crippen molar-refractivity contribution in [2.45, 2.75) is 44.1 Å². The Morgan fingerprint density at radius 1 is 1.06 bits per heavy atom. The molecule has 2 aromatic rings. The van der Waals surface area contributed by atoms with Crippen LogP contribution in [0.15, 0.2) is 47.4 Å². The second kappa shape index (κ2) is 6.51. The number of piperidine rings is 1. The summed E-state index contributed by atoms with van der Waals surface area (Å²) in [5.41, 5.74) is -1.98. The van der Waals surface area contributed by atoms with Gasteiger partial charge in [0.1, 0.15) is 6.17 Å². The number of aromatic hydroxyl groups is 1. The first kappa shape index (κ1) is 20.0. The van der Waals surface area contributed by atoms with Crippen molar-refractivity contribution in [1.29, 1.82) is 0 Å². The summed E-state index contributed by atoms with van der Waals surface area (Å²) in [6.45, 7) is 0. The lowest BCUT2D eigenvalue weighted by molar-refractivity contribution is -0.209. The number of hydrogen-bond donors (Lipinski definition) is 1. The average molecular weight is 433 g/mol. The first-order chi connectivity index (χ1) is 14.7. The second-order valence-electron chi connectivity index (χ2n) is 8.69. The Morgan fingerprint density at radius 3 is 2.35 bits per heavy atom. The fourth-order valence-electron chi connectivity index (χ4n) is 5.46. The van der Waals surface area contributed by atoms with Crippen LogP contribution < -0.4 is 10.4 Å². The number of aromatic nitrogens is 1. The van der Waals surface area contributed by atoms with Gasteiger partial charge in [-0.05, 0) is 37.2 Å². The lowest BCUT2D eigenvalue weighted by atomic mass is 9.73. The number of alkyl halides is 3. The van der Waals surface area contributed by atoms with Crippen LogP contribution in [0.5, 0.6) is 5.75 Å². The molecule has 2 aliphatic heterocycles. The molecule has 3 heterocycles. The summed E-state index contributed by atoms with van der Waals surface area (Å²) in [4.78, 5) is 26.4. The van der Waals surface area contributed by atoms with E-state index in [1.807, 2.05) is 0 Å². The molecule has 2 fully saturated rings. The van der Waals surface area contributed by atoms with E-state index in [-0.39, 0.29) is 18.5 Å². The molecule has 1 aliphatic carbocycles. The van der Waals surface area contributed by atoms with E-state index < -0.39 is 46.8 Å². The van der Waals surface area contributed by atoms with Gasteiger partial charge < -0.3 is 10.0 Å². The van der Waals surface area contributed by atoms with Gasteiger partial charge in [-0.2, -0.15) is 13.2 Å². The van der Waals surface area contributed by atoms with Crippen molar-refractivity contribution >= 4 is 5.91 Å². The number of carbonyl (C=O) groups excluding carboxylic acids is 1. The van der Waals surface area contributed by atoms with Gasteiger partial charge in [0.2, 0.25) is 5.43 Å². The summed E-state index contributed by atoms with van der Waals surface area (Å²) < 4.78 is 43.9. The topological polar surface area (TPSA) is 65.8 Å². The maximum atomic E-state index is 14.2. The number of fused-ring (bicyclic) bond motifs is 3. The largest absolute Gasteiger partial charge is 0.502 e. The summed E-state index contributed by atoms with van der Waals surface area (Å²) in [7, 11) is 1.56. The lowest BCUT2D eigenvalue weighted by Gasteiger charge is -2.55. The third-order valence-corrected chi connectivity index (χ3v) is 7.18. The highest BCUT2D eigenvalue weighted by Gasteiger charge is 2.70. The predicted octanol–water partition coefficient (Wildman–Crippen LogP) is 3.40. The van der Waals surface area contributed by atoms with Crippen molar-refractivity contribution in [3.8, 4) is 5.75 Å². The lowest BCUT2D eigenvalue weighted by Crippen LogP contribution is -2.65. The molecule has 3 unspecified atom stereocenters. The molecule has 6 nitrogen and oxygen atoms in total. The van der Waals surface area contributed by atoms with Crippen molar-refractivity contribution in [3.63, 3.8) is 0 Å². The summed E-state index contributed by atoms with van der Waals surface area (Å²) in [6.07, 6.45) is -2.60. The zero-order chi connectivity index (χ0) is 22.1. The summed E-state index contributed by atoms with van der Waals surface area (Å²) in [5.74, 6) is -1.94. The molecule has 31 heavy (non-hydrogen) atoms. The van der Waals surface area contributed by atoms with Gasteiger partial charge in [-0.25, -0.2) is 0 Å². The van der Waals surface area contributed by atoms with E-state index in [1.54, 1.807) is 42.4 Å². The molecule has 3 aliphatic rings. The molecule has 1 saturated heterocycles. The first-order valence-corrected chi connectivity index (χ1v) is 10.3. The Kier molecular flexibility index (Phi) is 4.19. The van der Waals surface area contributed by atoms with E-state index in [0.29, 0.717) is 18.4 Å². The van der Waals surface area contributed by atoms with Gasteiger partial charge in [-0.1, -0.05) is 30.3 Å². The van der Waals surface area contributed by atoms with Crippen molar-refractivity contribution in [3.05, 3.63) is 64.1 Å². The van der Waals surface area contributed by atoms with Crippen molar-refractivity contribution in [2.75, 3.05) is 12.1 Å². The number of nitrogens with zero attached hydrogens (tertiary/aromatic N) is 3. The zero-order valence-corrected chi connectivity index (χ0v) is 16.8. The van der Waals surface area contributed by atoms with E-state index >= 15 is 0 Å². The van der Waals surface area contributed by atoms with Crippen LogP contribution >= 0.6 is 0 Å². The SMILES string of the molecule is CN1C(=O)c2c(O)c(=O)ccn2N2C(c3ccccc3)C(C3(C(F)(F)F)CC3)CCC12. The molecular weight excluding hydrogens is 411 g/mol. The van der Waals surface area contributed by atoms with E-state index in [4.69, 9.17) is 0 Å². The van der Waals surface area contributed by atoms with Crippen LogP contribution in [-0.4, -0.2) is 40.0 Å². The third-order valence-electron chi connectivity index (χ3n) is 7.18. The molecule has 164 valence electrons. The van der Waals surface area contributed by atoms with Crippen LogP contribution in [0.2, 0.25) is 0 Å². The van der Waals surface area contributed by atoms with Gasteiger partial charge in [0.15, 0.2) is 11.4 Å². The standard InChI is InChI=1S/C22H22F3N3O3/c1-26-16-8-7-14(21(10-11-21)22(23,24)25)17(13-5-3-2-4-6-13)28(16)27-12-9-15(29)19(30)18(27)20(26)31/h2-6,9,12,14,16-17,30H,7-8,10-11H2,1H3. The van der Waals surface area contributed by atoms with Crippen LogP contribution in [0, 0.1) is 11.3 Å². The smallest absolute Gasteiger partial charge is 0.394 e. The molecular formula is C22H22F3N3O3. The molecule has 0 radical (unpaired) electrons. The summed E-state index contributed by atoms with van der Waals surface area (Å²) >= 11 is 0. The van der Waals surface area contributed by atoms with Crippen LogP contribution in [-0.2, 0) is 0 Å². The Hall–Kier alpha value is -2.97. The minimum absolute atomic E-state index is 0.0834. The van der Waals surface area contributed by atoms with E-state index in [9.17, 15) is 27.9 Å². The molecule has 1 amide bonds. The van der Waals surface area contributed by atoms with Crippen LogP contribution in [0.4, 0.5) is 13.2 Å². The molecule has 1 aromatic heterocycles. The van der Waals surface area contributed by atoms with Crippen LogP contribution in [0.1, 0.15) is 47.8 Å². The minimum atomic E-state index is -4.33. The Labute approximate surface area is 176 Å². The van der Waals surface area contributed by atoms with Gasteiger partial charge in [0.25, 0.3) is 5.91 Å². The quantitative estimate of drug-likeness (QED) is 0.789. The number of rotatable bonds is 2. The molecule has 3 atom stereocenters. The highest BCUT2D eigenvalue weighted by atomic mass is 19.4. The molecule has 1 saturated carbocycles. The number of halogens is 3. The number of benzene rings is 1. The van der Waals surface area contributed by atoms with E-state index in [1.165, 1.54) is 15.8 Å². The van der Waals surface area contributed by atoms with Crippen LogP contribution in [0.3, 0.4) is 0 Å². The monoisotopic (exact) mass is 433 g/mol. The van der Waals surface area contributed by atoms with Gasteiger partial charge >= 0.3 is 6.18 Å². The van der Waals surface area contributed by atoms with Gasteiger partial charge in [-0.15, -0.1) is 0 Å².